The molecule has 1 amide bonds. The van der Waals surface area contributed by atoms with Gasteiger partial charge in [-0.25, -0.2) is 9.97 Å². The number of carbonyl (C=O) groups is 2. The Morgan fingerprint density at radius 1 is 1.15 bits per heavy atom. The minimum Gasteiger partial charge on any atom is -0.373 e. The Morgan fingerprint density at radius 3 is 2.88 bits per heavy atom. The second-order valence-electron chi connectivity index (χ2n) is 8.71. The molecule has 3 heterocycles. The summed E-state index contributed by atoms with van der Waals surface area (Å²) in [5, 5.41) is 17.4. The van der Waals surface area contributed by atoms with Crippen molar-refractivity contribution in [3.8, 4) is 11.4 Å². The van der Waals surface area contributed by atoms with Crippen molar-refractivity contribution in [3.63, 3.8) is 0 Å². The fraction of sp³-hybridized carbons (Fsp3) is 0.240. The minimum absolute atomic E-state index is 0.00341. The first-order valence-corrected chi connectivity index (χ1v) is 11.2. The normalized spacial score (nSPS) is 15.5. The molecule has 4 aromatic rings. The van der Waals surface area contributed by atoms with Crippen molar-refractivity contribution in [2.24, 2.45) is 0 Å². The van der Waals surface area contributed by atoms with Gasteiger partial charge in [-0.15, -0.1) is 0 Å². The Hall–Kier alpha value is -4.27. The Labute approximate surface area is 196 Å². The molecule has 0 fully saturated rings. The lowest BCUT2D eigenvalue weighted by molar-refractivity contribution is -0.126. The minimum atomic E-state index is -0.613. The summed E-state index contributed by atoms with van der Waals surface area (Å²) in [6, 6.07) is 12.8. The van der Waals surface area contributed by atoms with Gasteiger partial charge in [0.15, 0.2) is 5.82 Å². The molecule has 0 saturated heterocycles. The van der Waals surface area contributed by atoms with Crippen molar-refractivity contribution in [1.29, 1.82) is 0 Å². The number of hydrogen-bond donors (Lipinski definition) is 4. The van der Waals surface area contributed by atoms with Crippen LogP contribution in [0.2, 0.25) is 0 Å². The van der Waals surface area contributed by atoms with Gasteiger partial charge in [-0.05, 0) is 49.7 Å². The van der Waals surface area contributed by atoms with Crippen LogP contribution in [0.5, 0.6) is 0 Å². The van der Waals surface area contributed by atoms with Crippen LogP contribution in [0.25, 0.3) is 22.3 Å². The number of hydrogen-bond acceptors (Lipinski definition) is 7. The molecule has 0 aliphatic carbocycles. The Kier molecular flexibility index (Phi) is 5.67. The molecular weight excluding hydrogens is 430 g/mol. The van der Waals surface area contributed by atoms with Gasteiger partial charge in [0, 0.05) is 47.4 Å². The maximum absolute atomic E-state index is 12.6. The summed E-state index contributed by atoms with van der Waals surface area (Å²) in [5.41, 5.74) is 4.25. The lowest BCUT2D eigenvalue weighted by atomic mass is 10.0. The maximum atomic E-state index is 12.6. The number of H-pyrrole nitrogens is 1. The number of anilines is 3. The molecule has 2 aromatic carbocycles. The number of nitrogens with zero attached hydrogens (tertiary/aromatic N) is 3. The molecule has 0 bridgehead atoms. The van der Waals surface area contributed by atoms with Crippen molar-refractivity contribution in [2.45, 2.75) is 38.8 Å². The average molecular weight is 456 g/mol. The third-order valence-corrected chi connectivity index (χ3v) is 5.63. The number of amides is 1. The van der Waals surface area contributed by atoms with E-state index in [1.165, 1.54) is 0 Å². The molecular formula is C25H25N7O2. The lowest BCUT2D eigenvalue weighted by Gasteiger charge is -2.19. The molecule has 4 N–H and O–H groups in total. The molecule has 5 rings (SSSR count). The quantitative estimate of drug-likeness (QED) is 0.362. The van der Waals surface area contributed by atoms with E-state index in [4.69, 9.17) is 0 Å². The van der Waals surface area contributed by atoms with Gasteiger partial charge < -0.3 is 16.0 Å². The number of benzene rings is 2. The number of Topliss-reactive ketones (excluding diaryl/α,β-unsaturated/α-hetero) is 1. The number of aromatic nitrogens is 4. The summed E-state index contributed by atoms with van der Waals surface area (Å²) in [6.07, 6.45) is 3.91. The lowest BCUT2D eigenvalue weighted by Crippen LogP contribution is -2.43. The number of aromatic amines is 1. The van der Waals surface area contributed by atoms with Crippen molar-refractivity contribution in [3.05, 3.63) is 60.4 Å². The second-order valence-corrected chi connectivity index (χ2v) is 8.71. The predicted molar refractivity (Wildman–Crippen MR) is 131 cm³/mol. The number of carbonyl (C=O) groups excluding carboxylic acids is 2. The molecule has 0 radical (unpaired) electrons. The fourth-order valence-electron chi connectivity index (χ4n) is 4.03. The largest absolute Gasteiger partial charge is 0.373 e. The average Bonchev–Trinajstić information content (AvgIpc) is 3.20. The standard InChI is InChI=1S/C25H25N7O2/c1-14(2)28-25(34)22-12-19(33)10-15-3-4-16(11-21(15)30-22)24-26-8-7-23(31-24)29-18-5-6-20-17(9-18)13-27-32-20/h3-9,11,13-14,22,30H,10,12H2,1-2H3,(H,27,32)(H,28,34)(H,26,29,31). The molecule has 1 aliphatic heterocycles. The van der Waals surface area contributed by atoms with Crippen LogP contribution in [-0.4, -0.2) is 43.9 Å². The summed E-state index contributed by atoms with van der Waals surface area (Å²) in [5.74, 6) is 1.04. The highest BCUT2D eigenvalue weighted by Gasteiger charge is 2.27. The second kappa shape index (κ2) is 8.93. The zero-order valence-corrected chi connectivity index (χ0v) is 18.9. The van der Waals surface area contributed by atoms with E-state index in [9.17, 15) is 9.59 Å². The molecule has 0 saturated carbocycles. The van der Waals surface area contributed by atoms with Gasteiger partial charge in [-0.1, -0.05) is 12.1 Å². The van der Waals surface area contributed by atoms with Crippen LogP contribution in [0.15, 0.2) is 54.9 Å². The fourth-order valence-corrected chi connectivity index (χ4v) is 4.03. The van der Waals surface area contributed by atoms with Gasteiger partial charge in [0.25, 0.3) is 0 Å². The van der Waals surface area contributed by atoms with E-state index in [1.54, 1.807) is 18.5 Å². The SMILES string of the molecule is CC(C)NC(=O)C1CC(=O)Cc2ccc(-c3nccc(Nc4ccc5[nH]ncc5c4)n3)cc2N1. The third kappa shape index (κ3) is 4.59. The van der Waals surface area contributed by atoms with E-state index in [1.807, 2.05) is 50.2 Å². The summed E-state index contributed by atoms with van der Waals surface area (Å²) in [7, 11) is 0. The topological polar surface area (TPSA) is 125 Å². The van der Waals surface area contributed by atoms with Gasteiger partial charge in [0.05, 0.1) is 11.7 Å². The molecule has 9 nitrogen and oxygen atoms in total. The first-order chi connectivity index (χ1) is 16.4. The summed E-state index contributed by atoms with van der Waals surface area (Å²) >= 11 is 0. The van der Waals surface area contributed by atoms with Crippen LogP contribution in [-0.2, 0) is 16.0 Å². The monoisotopic (exact) mass is 455 g/mol. The van der Waals surface area contributed by atoms with E-state index in [0.29, 0.717) is 11.6 Å². The predicted octanol–water partition coefficient (Wildman–Crippen LogP) is 3.58. The van der Waals surface area contributed by atoms with Gasteiger partial charge in [0.2, 0.25) is 5.91 Å². The molecule has 1 unspecified atom stereocenters. The zero-order valence-electron chi connectivity index (χ0n) is 18.9. The Morgan fingerprint density at radius 2 is 2.03 bits per heavy atom. The smallest absolute Gasteiger partial charge is 0.243 e. The van der Waals surface area contributed by atoms with E-state index < -0.39 is 6.04 Å². The van der Waals surface area contributed by atoms with Crippen molar-refractivity contribution in [1.82, 2.24) is 25.5 Å². The first kappa shape index (κ1) is 21.6. The van der Waals surface area contributed by atoms with Gasteiger partial charge in [0.1, 0.15) is 17.6 Å². The maximum Gasteiger partial charge on any atom is 0.243 e. The third-order valence-electron chi connectivity index (χ3n) is 5.63. The number of rotatable bonds is 5. The molecule has 0 spiro atoms. The van der Waals surface area contributed by atoms with Crippen LogP contribution in [0.4, 0.5) is 17.2 Å². The first-order valence-electron chi connectivity index (χ1n) is 11.2. The molecule has 172 valence electrons. The molecule has 34 heavy (non-hydrogen) atoms. The van der Waals surface area contributed by atoms with Crippen molar-refractivity contribution in [2.75, 3.05) is 10.6 Å². The summed E-state index contributed by atoms with van der Waals surface area (Å²) in [4.78, 5) is 34.1. The van der Waals surface area contributed by atoms with Crippen LogP contribution >= 0.6 is 0 Å². The van der Waals surface area contributed by atoms with Crippen LogP contribution in [0.3, 0.4) is 0 Å². The molecule has 9 heteroatoms. The van der Waals surface area contributed by atoms with E-state index in [2.05, 4.69) is 36.1 Å². The van der Waals surface area contributed by atoms with Gasteiger partial charge in [-0.2, -0.15) is 5.10 Å². The summed E-state index contributed by atoms with van der Waals surface area (Å²) in [6.45, 7) is 3.79. The molecule has 1 aliphatic rings. The highest BCUT2D eigenvalue weighted by atomic mass is 16.2. The number of nitrogens with one attached hydrogen (secondary N) is 4. The molecule has 1 atom stereocenters. The molecule has 2 aromatic heterocycles. The number of ketones is 1. The zero-order chi connectivity index (χ0) is 23.7. The van der Waals surface area contributed by atoms with Gasteiger partial charge >= 0.3 is 0 Å². The Bertz CT molecular complexity index is 1380. The van der Waals surface area contributed by atoms with E-state index in [-0.39, 0.29) is 30.6 Å². The van der Waals surface area contributed by atoms with Crippen LogP contribution in [0.1, 0.15) is 25.8 Å². The highest BCUT2D eigenvalue weighted by Crippen LogP contribution is 2.29. The van der Waals surface area contributed by atoms with E-state index in [0.717, 1.165) is 33.4 Å². The van der Waals surface area contributed by atoms with Crippen LogP contribution < -0.4 is 16.0 Å². The van der Waals surface area contributed by atoms with Crippen LogP contribution in [0, 0.1) is 0 Å². The Balaban J connectivity index is 1.41. The highest BCUT2D eigenvalue weighted by molar-refractivity contribution is 5.95. The summed E-state index contributed by atoms with van der Waals surface area (Å²) < 4.78 is 0. The van der Waals surface area contributed by atoms with Gasteiger partial charge in [-0.3, -0.25) is 14.7 Å². The van der Waals surface area contributed by atoms with E-state index >= 15 is 0 Å². The number of fused-ring (bicyclic) bond motifs is 2. The van der Waals surface area contributed by atoms with Crippen molar-refractivity contribution < 1.29 is 9.59 Å². The van der Waals surface area contributed by atoms with Crippen molar-refractivity contribution >= 4 is 39.8 Å².